The van der Waals surface area contributed by atoms with Crippen molar-refractivity contribution in [3.05, 3.63) is 156 Å². The summed E-state index contributed by atoms with van der Waals surface area (Å²) >= 11 is 8.55. The Hall–Kier alpha value is -14.2. The Morgan fingerprint density at radius 2 is 0.858 bits per heavy atom. The van der Waals surface area contributed by atoms with Crippen LogP contribution in [0.5, 0.6) is 5.75 Å². The van der Waals surface area contributed by atoms with E-state index >= 15 is 14.4 Å². The molecule has 0 saturated carbocycles. The number of aromatic nitrogens is 4. The van der Waals surface area contributed by atoms with Gasteiger partial charge in [-0.15, -0.1) is 0 Å². The van der Waals surface area contributed by atoms with Crippen LogP contribution in [0.15, 0.2) is 128 Å². The Labute approximate surface area is 736 Å². The fraction of sp³-hybridized carbons (Fsp3) is 0.395. The summed E-state index contributed by atoms with van der Waals surface area (Å²) in [7, 11) is 0. The number of phenolic OH excluding ortho intramolecular Hbond substituents is 1. The third-order valence-electron chi connectivity index (χ3n) is 19.7. The van der Waals surface area contributed by atoms with Gasteiger partial charge in [0.25, 0.3) is 0 Å². The number of carboxylic acids is 1. The standard InChI is InChI=1S/C81H105N23O21S2/c1-41(106)68(104-73(118)53(17-10-26-87-81(84)85)95-78(123)62(38-126)94-66(111)36-91-70(115)61(37-105)93-42(2)107)80(125)102-59(30-46-33-89-52-16-9-7-14-50(46)52)75(120)96-54(22-24-64(82)109)72(117)103-63(39-127)79(124)99-57(28-44-18-20-48(108)21-19-44)74(119)100-58(29-45-32-88-51-15-8-6-13-49(45)51)76(121)101-60(31-47-34-86-40-92-47)77(122)97-55(23-25-67(112)113)71(116)98-56(69(114)90-35-65(83)110)27-43-11-4-3-5-12-43/h3-9,11-16,18-21,32-34,40-41,53-63,68,88-89,105-106,108,126-127H,10,17,22-31,35-39H2,1-2H3,(H2,82,109)(H2,83,110)(H,86,92)(H,90,114)(H,91,115)(H,93,107)(H,94,111)(H,95,123)(H,96,120)(H,97,122)(H,98,116)(H,99,124)(H,100,119)(H,101,121)(H,102,125)(H,103,117)(H,104,118)(H,112,113)(H4,84,85,87)/t41-,53+,54+,55+,56+,57+,58+,59+,60+,61+,62+,63+,68+/m1/s1. The number of carbonyl (C=O) groups is 17. The number of guanidine groups is 1. The zero-order valence-corrected chi connectivity index (χ0v) is 70.7. The average Bonchev–Trinajstić information content (AvgIpc) is 1.78. The molecule has 3 heterocycles. The number of aliphatic carboxylic acids is 1. The van der Waals surface area contributed by atoms with Crippen molar-refractivity contribution in [1.29, 1.82) is 5.41 Å². The SMILES string of the molecule is CC(=O)N[C@@H](CO)C(=O)NCC(=O)N[C@@H](CS)C(=O)N[C@@H](CCCNC(=N)N)C(=O)N[C@H](C(=O)N[C@@H](Cc1c[nH]c2ccccc12)C(=O)N[C@@H](CCC(N)=O)C(=O)N[C@@H](CS)C(=O)N[C@@H](Cc1ccc(O)cc1)C(=O)N[C@@H](Cc1c[nH]c2ccccc12)C(=O)N[C@@H](Cc1cnc[nH]1)C(=O)N[C@@H](CCC(=O)O)C(=O)N[C@@H](Cc1ccccc1)C(=O)NCC(N)=O)[C@@H](C)O. The third-order valence-corrected chi connectivity index (χ3v) is 20.4. The number of para-hydroxylation sites is 2. The van der Waals surface area contributed by atoms with Crippen LogP contribution in [0, 0.1) is 5.41 Å². The molecule has 127 heavy (non-hydrogen) atoms. The number of carboxylic acid groups (broad SMARTS) is 1. The van der Waals surface area contributed by atoms with Crippen LogP contribution in [0.3, 0.4) is 0 Å². The smallest absolute Gasteiger partial charge is 0.303 e. The fourth-order valence-electron chi connectivity index (χ4n) is 13.1. The molecule has 13 atom stereocenters. The fourth-order valence-corrected chi connectivity index (χ4v) is 13.6. The van der Waals surface area contributed by atoms with E-state index < -0.39 is 261 Å². The highest BCUT2D eigenvalue weighted by molar-refractivity contribution is 7.80. The number of aromatic amines is 3. The molecule has 0 saturated heterocycles. The Morgan fingerprint density at radius 1 is 0.441 bits per heavy atom. The van der Waals surface area contributed by atoms with E-state index in [-0.39, 0.29) is 43.7 Å². The van der Waals surface area contributed by atoms with E-state index in [1.54, 1.807) is 85.1 Å². The van der Waals surface area contributed by atoms with Crippen molar-refractivity contribution in [2.45, 2.75) is 163 Å². The van der Waals surface area contributed by atoms with Crippen molar-refractivity contribution in [3.8, 4) is 5.75 Å². The van der Waals surface area contributed by atoms with Gasteiger partial charge in [-0.3, -0.25) is 86.9 Å². The molecule has 3 aromatic heterocycles. The number of aliphatic hydroxyl groups is 2. The van der Waals surface area contributed by atoms with E-state index in [4.69, 9.17) is 22.6 Å². The first kappa shape index (κ1) is 99.9. The highest BCUT2D eigenvalue weighted by Crippen LogP contribution is 2.23. The number of rotatable bonds is 52. The van der Waals surface area contributed by atoms with Crippen molar-refractivity contribution >= 4 is 154 Å². The van der Waals surface area contributed by atoms with Crippen molar-refractivity contribution in [1.82, 2.24) is 99.7 Å². The van der Waals surface area contributed by atoms with Crippen LogP contribution < -0.4 is 97.0 Å². The van der Waals surface area contributed by atoms with Gasteiger partial charge in [-0.05, 0) is 79.1 Å². The van der Waals surface area contributed by atoms with Gasteiger partial charge in [-0.25, -0.2) is 4.98 Å². The first-order valence-electron chi connectivity index (χ1n) is 39.9. The molecular weight excluding hydrogens is 1700 g/mol. The lowest BCUT2D eigenvalue weighted by Crippen LogP contribution is -2.62. The predicted molar refractivity (Wildman–Crippen MR) is 463 cm³/mol. The molecule has 0 spiro atoms. The number of hydrogen-bond acceptors (Lipinski definition) is 24. The molecule has 7 aromatic rings. The summed E-state index contributed by atoms with van der Waals surface area (Å²) in [5.74, 6) is -19.3. The molecule has 0 radical (unpaired) electrons. The molecule has 682 valence electrons. The van der Waals surface area contributed by atoms with Crippen molar-refractivity contribution in [2.75, 3.05) is 37.7 Å². The summed E-state index contributed by atoms with van der Waals surface area (Å²) in [6.07, 6.45) is -0.514. The molecule has 0 aliphatic carbocycles. The largest absolute Gasteiger partial charge is 0.508 e. The molecule has 0 aliphatic rings. The minimum atomic E-state index is -1.96. The van der Waals surface area contributed by atoms with E-state index in [1.807, 2.05) is 0 Å². The molecule has 29 N–H and O–H groups in total. The van der Waals surface area contributed by atoms with E-state index in [1.165, 1.54) is 43.0 Å². The lowest BCUT2D eigenvalue weighted by molar-refractivity contribution is -0.138. The topological polar surface area (TPSA) is 714 Å². The summed E-state index contributed by atoms with van der Waals surface area (Å²) in [4.78, 5) is 248. The summed E-state index contributed by atoms with van der Waals surface area (Å²) < 4.78 is 0. The van der Waals surface area contributed by atoms with E-state index in [2.05, 4.69) is 125 Å². The molecule has 46 heteroatoms. The molecule has 4 aromatic carbocycles. The van der Waals surface area contributed by atoms with E-state index in [0.717, 1.165) is 13.8 Å². The molecule has 0 fully saturated rings. The number of benzene rings is 4. The number of fused-ring (bicyclic) bond motifs is 2. The monoisotopic (exact) mass is 1800 g/mol. The Balaban J connectivity index is 1.15. The zero-order valence-electron chi connectivity index (χ0n) is 69.0. The Bertz CT molecular complexity index is 5040. The number of aliphatic hydroxyl groups excluding tert-OH is 2. The predicted octanol–water partition coefficient (Wildman–Crippen LogP) is -6.23. The number of hydrogen-bond donors (Lipinski definition) is 28. The number of carbonyl (C=O) groups excluding carboxylic acids is 16. The maximum atomic E-state index is 15.3. The minimum Gasteiger partial charge on any atom is -0.508 e. The number of primary amides is 2. The Morgan fingerprint density at radius 3 is 1.33 bits per heavy atom. The second-order valence-corrected chi connectivity index (χ2v) is 30.2. The van der Waals surface area contributed by atoms with E-state index in [0.29, 0.717) is 44.1 Å². The van der Waals surface area contributed by atoms with Crippen LogP contribution >= 0.6 is 25.3 Å². The van der Waals surface area contributed by atoms with Gasteiger partial charge in [0.15, 0.2) is 5.96 Å². The van der Waals surface area contributed by atoms with Crippen LogP contribution in [0.4, 0.5) is 0 Å². The van der Waals surface area contributed by atoms with Crippen LogP contribution in [0.1, 0.15) is 80.3 Å². The first-order valence-corrected chi connectivity index (χ1v) is 41.2. The second kappa shape index (κ2) is 50.0. The number of nitrogens with one attached hydrogen (secondary N) is 19. The number of imidazole rings is 1. The molecule has 0 bridgehead atoms. The number of nitrogens with two attached hydrogens (primary N) is 3. The second-order valence-electron chi connectivity index (χ2n) is 29.5. The number of thiol groups is 2. The van der Waals surface area contributed by atoms with Crippen LogP contribution in [-0.4, -0.2) is 263 Å². The van der Waals surface area contributed by atoms with Crippen molar-refractivity contribution < 1.29 is 102 Å². The summed E-state index contributed by atoms with van der Waals surface area (Å²) in [6, 6.07) is 7.31. The van der Waals surface area contributed by atoms with Gasteiger partial charge in [0.05, 0.1) is 32.1 Å². The molecule has 16 amide bonds. The summed E-state index contributed by atoms with van der Waals surface area (Å²) in [5.41, 5.74) is 19.5. The lowest BCUT2D eigenvalue weighted by atomic mass is 10.0. The number of aromatic hydroxyl groups is 1. The first-order chi connectivity index (χ1) is 60.5. The Kier molecular flexibility index (Phi) is 39.3. The quantitative estimate of drug-likeness (QED) is 0.00730. The van der Waals surface area contributed by atoms with Gasteiger partial charge in [-0.1, -0.05) is 78.9 Å². The minimum absolute atomic E-state index is 0.00596. The molecule has 0 aliphatic heterocycles. The van der Waals surface area contributed by atoms with Gasteiger partial charge in [-0.2, -0.15) is 25.3 Å². The summed E-state index contributed by atoms with van der Waals surface area (Å²) in [6.45, 7) is -0.0308. The zero-order chi connectivity index (χ0) is 93.0. The molecular formula is C81H105N23O21S2. The molecule has 0 unspecified atom stereocenters. The third kappa shape index (κ3) is 32.5. The van der Waals surface area contributed by atoms with Gasteiger partial charge < -0.3 is 132 Å². The van der Waals surface area contributed by atoms with Gasteiger partial charge in [0.2, 0.25) is 94.5 Å². The highest BCUT2D eigenvalue weighted by atomic mass is 32.1. The maximum Gasteiger partial charge on any atom is 0.303 e. The summed E-state index contributed by atoms with van der Waals surface area (Å²) in [5, 5.41) is 86.7. The van der Waals surface area contributed by atoms with Crippen molar-refractivity contribution in [3.63, 3.8) is 0 Å². The lowest BCUT2D eigenvalue weighted by Gasteiger charge is -2.29. The normalized spacial score (nSPS) is 14.1. The number of H-pyrrole nitrogens is 3. The van der Waals surface area contributed by atoms with Gasteiger partial charge in [0.1, 0.15) is 78.3 Å². The highest BCUT2D eigenvalue weighted by Gasteiger charge is 2.39. The number of phenols is 1. The number of amides is 16. The van der Waals surface area contributed by atoms with Gasteiger partial charge in [0, 0.05) is 116 Å². The number of nitrogens with zero attached hydrogens (tertiary/aromatic N) is 1. The average molecular weight is 1800 g/mol. The molecule has 7 rings (SSSR count). The van der Waals surface area contributed by atoms with Gasteiger partial charge >= 0.3 is 5.97 Å². The van der Waals surface area contributed by atoms with Crippen LogP contribution in [-0.2, 0) is 114 Å². The van der Waals surface area contributed by atoms with Crippen LogP contribution in [0.2, 0.25) is 0 Å². The van der Waals surface area contributed by atoms with Crippen LogP contribution in [0.25, 0.3) is 21.8 Å². The molecule has 44 nitrogen and oxygen atoms in total. The maximum absolute atomic E-state index is 15.3. The van der Waals surface area contributed by atoms with E-state index in [9.17, 15) is 87.5 Å². The van der Waals surface area contributed by atoms with Crippen molar-refractivity contribution in [2.24, 2.45) is 17.2 Å².